The molecule has 0 bridgehead atoms. The van der Waals surface area contributed by atoms with Crippen molar-refractivity contribution < 1.29 is 31.1 Å². The fourth-order valence-corrected chi connectivity index (χ4v) is 3.30. The van der Waals surface area contributed by atoms with Gasteiger partial charge in [-0.05, 0) is 25.1 Å². The van der Waals surface area contributed by atoms with E-state index in [0.29, 0.717) is 21.5 Å². The third-order valence-electron chi connectivity index (χ3n) is 2.71. The third kappa shape index (κ3) is 5.59. The molecule has 0 fully saturated rings. The Balaban J connectivity index is 2.15. The number of carbonyl (C=O) groups excluding carboxylic acids is 1. The molecule has 2 rings (SSSR count). The maximum Gasteiger partial charge on any atom is 0.416 e. The van der Waals surface area contributed by atoms with Gasteiger partial charge in [-0.15, -0.1) is 10.2 Å². The molecule has 0 aliphatic carbocycles. The van der Waals surface area contributed by atoms with Gasteiger partial charge >= 0.3 is 12.4 Å². The summed E-state index contributed by atoms with van der Waals surface area (Å²) in [6, 6.07) is 0.897. The normalized spacial score (nSPS) is 12.3. The Labute approximate surface area is 145 Å². The van der Waals surface area contributed by atoms with E-state index in [4.69, 9.17) is 0 Å². The topological polar surface area (TPSA) is 54.9 Å². The number of hydrogen-bond acceptors (Lipinski definition) is 5. The molecule has 1 aromatic carbocycles. The van der Waals surface area contributed by atoms with E-state index in [2.05, 4.69) is 10.2 Å². The van der Waals surface area contributed by atoms with Gasteiger partial charge in [-0.3, -0.25) is 4.79 Å². The van der Waals surface area contributed by atoms with Crippen molar-refractivity contribution >= 4 is 34.7 Å². The number of alkyl halides is 6. The summed E-state index contributed by atoms with van der Waals surface area (Å²) in [6.07, 6.45) is -9.95. The zero-order chi connectivity index (χ0) is 18.8. The molecule has 4 nitrogen and oxygen atoms in total. The Kier molecular flexibility index (Phi) is 5.62. The van der Waals surface area contributed by atoms with Crippen molar-refractivity contribution in [1.82, 2.24) is 10.2 Å². The number of amides is 1. The molecule has 1 heterocycles. The van der Waals surface area contributed by atoms with Crippen LogP contribution in [0.15, 0.2) is 22.5 Å². The van der Waals surface area contributed by atoms with E-state index in [9.17, 15) is 31.1 Å². The second kappa shape index (κ2) is 7.20. The maximum atomic E-state index is 12.7. The minimum absolute atomic E-state index is 0.00553. The van der Waals surface area contributed by atoms with Gasteiger partial charge in [0.15, 0.2) is 4.34 Å². The van der Waals surface area contributed by atoms with Crippen LogP contribution < -0.4 is 5.32 Å². The largest absolute Gasteiger partial charge is 0.416 e. The number of benzene rings is 1. The number of anilines is 1. The lowest BCUT2D eigenvalue weighted by molar-refractivity contribution is -0.143. The highest BCUT2D eigenvalue weighted by Crippen LogP contribution is 2.37. The minimum Gasteiger partial charge on any atom is -0.325 e. The van der Waals surface area contributed by atoms with E-state index in [0.717, 1.165) is 11.8 Å². The van der Waals surface area contributed by atoms with Gasteiger partial charge in [0.05, 0.1) is 16.9 Å². The molecule has 136 valence electrons. The molecule has 0 saturated heterocycles. The van der Waals surface area contributed by atoms with Crippen LogP contribution >= 0.6 is 23.1 Å². The number of carbonyl (C=O) groups is 1. The van der Waals surface area contributed by atoms with Crippen LogP contribution in [0.5, 0.6) is 0 Å². The zero-order valence-electron chi connectivity index (χ0n) is 12.3. The van der Waals surface area contributed by atoms with Crippen LogP contribution in [0.2, 0.25) is 0 Å². The summed E-state index contributed by atoms with van der Waals surface area (Å²) in [6.45, 7) is 1.70. The predicted octanol–water partition coefficient (Wildman–Crippen LogP) is 4.61. The number of hydrogen-bond donors (Lipinski definition) is 1. The SMILES string of the molecule is Cc1nnc(SCC(=O)Nc2cc(C(F)(F)F)cc(C(F)(F)F)c2)s1. The Bertz CT molecular complexity index is 740. The molecule has 25 heavy (non-hydrogen) atoms. The second-order valence-corrected chi connectivity index (χ2v) is 7.12. The average molecular weight is 401 g/mol. The van der Waals surface area contributed by atoms with Crippen molar-refractivity contribution in [2.45, 2.75) is 23.6 Å². The number of thioether (sulfide) groups is 1. The number of rotatable bonds is 4. The summed E-state index contributed by atoms with van der Waals surface area (Å²) in [7, 11) is 0. The first kappa shape index (κ1) is 19.5. The van der Waals surface area contributed by atoms with E-state index in [1.165, 1.54) is 11.3 Å². The first-order valence-electron chi connectivity index (χ1n) is 6.47. The van der Waals surface area contributed by atoms with Gasteiger partial charge in [0.2, 0.25) is 5.91 Å². The van der Waals surface area contributed by atoms with Gasteiger partial charge < -0.3 is 5.32 Å². The fraction of sp³-hybridized carbons (Fsp3) is 0.308. The number of nitrogens with one attached hydrogen (secondary N) is 1. The highest BCUT2D eigenvalue weighted by atomic mass is 32.2. The minimum atomic E-state index is -4.97. The van der Waals surface area contributed by atoms with E-state index < -0.39 is 35.1 Å². The Morgan fingerprint density at radius 2 is 1.64 bits per heavy atom. The van der Waals surface area contributed by atoms with Crippen LogP contribution in [0.25, 0.3) is 0 Å². The molecular formula is C13H9F6N3OS2. The van der Waals surface area contributed by atoms with Gasteiger partial charge in [-0.25, -0.2) is 0 Å². The van der Waals surface area contributed by atoms with E-state index in [1.54, 1.807) is 6.92 Å². The third-order valence-corrected chi connectivity index (χ3v) is 4.68. The fourth-order valence-electron chi connectivity index (χ4n) is 1.69. The van der Waals surface area contributed by atoms with Gasteiger partial charge in [0.1, 0.15) is 5.01 Å². The summed E-state index contributed by atoms with van der Waals surface area (Å²) in [5.41, 5.74) is -3.57. The lowest BCUT2D eigenvalue weighted by Gasteiger charge is -2.14. The molecule has 1 aromatic heterocycles. The molecule has 0 aliphatic rings. The van der Waals surface area contributed by atoms with Crippen LogP contribution in [0.4, 0.5) is 32.0 Å². The van der Waals surface area contributed by atoms with Crippen molar-refractivity contribution in [1.29, 1.82) is 0 Å². The molecule has 0 aliphatic heterocycles. The molecule has 0 spiro atoms. The summed E-state index contributed by atoms with van der Waals surface area (Å²) in [5, 5.41) is 10.2. The molecule has 0 unspecified atom stereocenters. The monoisotopic (exact) mass is 401 g/mol. The summed E-state index contributed by atoms with van der Waals surface area (Å²) in [4.78, 5) is 11.8. The van der Waals surface area contributed by atoms with Crippen molar-refractivity contribution in [2.24, 2.45) is 0 Å². The van der Waals surface area contributed by atoms with Crippen molar-refractivity contribution in [2.75, 3.05) is 11.1 Å². The van der Waals surface area contributed by atoms with Crippen LogP contribution in [-0.4, -0.2) is 21.9 Å². The van der Waals surface area contributed by atoms with Gasteiger partial charge in [-0.2, -0.15) is 26.3 Å². The number of aryl methyl sites for hydroxylation is 1. The molecule has 1 N–H and O–H groups in total. The number of aromatic nitrogens is 2. The van der Waals surface area contributed by atoms with Crippen LogP contribution in [0.1, 0.15) is 16.1 Å². The van der Waals surface area contributed by atoms with Crippen LogP contribution in [0, 0.1) is 6.92 Å². The van der Waals surface area contributed by atoms with E-state index in [1.807, 2.05) is 5.32 Å². The van der Waals surface area contributed by atoms with Gasteiger partial charge in [0.25, 0.3) is 0 Å². The standard InChI is InChI=1S/C13H9F6N3OS2/c1-6-21-22-11(25-6)24-5-10(23)20-9-3-7(12(14,15)16)2-8(4-9)13(17,18)19/h2-4H,5H2,1H3,(H,20,23). The average Bonchev–Trinajstić information content (AvgIpc) is 2.89. The Morgan fingerprint density at radius 3 is 2.08 bits per heavy atom. The molecule has 1 amide bonds. The molecule has 0 saturated carbocycles. The maximum absolute atomic E-state index is 12.7. The Morgan fingerprint density at radius 1 is 1.08 bits per heavy atom. The van der Waals surface area contributed by atoms with Crippen molar-refractivity contribution in [3.8, 4) is 0 Å². The molecule has 0 radical (unpaired) electrons. The predicted molar refractivity (Wildman–Crippen MR) is 80.4 cm³/mol. The van der Waals surface area contributed by atoms with Crippen LogP contribution in [-0.2, 0) is 17.1 Å². The smallest absolute Gasteiger partial charge is 0.325 e. The van der Waals surface area contributed by atoms with E-state index in [-0.39, 0.29) is 11.8 Å². The first-order chi connectivity index (χ1) is 11.4. The quantitative estimate of drug-likeness (QED) is 0.600. The number of nitrogens with zero attached hydrogens (tertiary/aromatic N) is 2. The van der Waals surface area contributed by atoms with Crippen molar-refractivity contribution in [3.63, 3.8) is 0 Å². The lowest BCUT2D eigenvalue weighted by atomic mass is 10.1. The van der Waals surface area contributed by atoms with Crippen molar-refractivity contribution in [3.05, 3.63) is 34.3 Å². The number of halogens is 6. The summed E-state index contributed by atoms with van der Waals surface area (Å²) >= 11 is 2.19. The summed E-state index contributed by atoms with van der Waals surface area (Å²) in [5.74, 6) is -0.989. The summed E-state index contributed by atoms with van der Waals surface area (Å²) < 4.78 is 76.9. The van der Waals surface area contributed by atoms with Crippen LogP contribution in [0.3, 0.4) is 0 Å². The Hall–Kier alpha value is -1.82. The zero-order valence-corrected chi connectivity index (χ0v) is 14.0. The lowest BCUT2D eigenvalue weighted by Crippen LogP contribution is -2.17. The van der Waals surface area contributed by atoms with Gasteiger partial charge in [0, 0.05) is 5.69 Å². The highest BCUT2D eigenvalue weighted by Gasteiger charge is 2.37. The van der Waals surface area contributed by atoms with E-state index >= 15 is 0 Å². The highest BCUT2D eigenvalue weighted by molar-refractivity contribution is 8.01. The van der Waals surface area contributed by atoms with Gasteiger partial charge in [-0.1, -0.05) is 23.1 Å². The second-order valence-electron chi connectivity index (χ2n) is 4.72. The molecule has 0 atom stereocenters. The molecular weight excluding hydrogens is 392 g/mol. The molecule has 12 heteroatoms. The molecule has 2 aromatic rings. The first-order valence-corrected chi connectivity index (χ1v) is 8.27.